The number of aliphatic hydroxyl groups is 1. The number of carbonyl (C=O) groups excluding carboxylic acids is 8. The third kappa shape index (κ3) is 19.6. The first kappa shape index (κ1) is 54.2. The predicted octanol–water partition coefficient (Wildman–Crippen LogP) is -6.30. The molecular formula is C39H61N13O13. The number of amides is 8. The quantitative estimate of drug-likeness (QED) is 0.0202. The highest BCUT2D eigenvalue weighted by atomic mass is 16.4. The maximum atomic E-state index is 14.0. The molecule has 1 aromatic rings. The van der Waals surface area contributed by atoms with Crippen LogP contribution in [0, 0.1) is 0 Å². The molecule has 0 aromatic heterocycles. The van der Waals surface area contributed by atoms with Crippen molar-refractivity contribution in [2.45, 2.75) is 107 Å². The number of primary amides is 1. The number of nitrogens with zero attached hydrogens (tertiary/aromatic N) is 2. The van der Waals surface area contributed by atoms with Crippen molar-refractivity contribution in [3.8, 4) is 0 Å². The van der Waals surface area contributed by atoms with Gasteiger partial charge in [0.25, 0.3) is 0 Å². The molecule has 0 saturated carbocycles. The van der Waals surface area contributed by atoms with Gasteiger partial charge in [-0.3, -0.25) is 48.1 Å². The fourth-order valence-electron chi connectivity index (χ4n) is 6.59. The van der Waals surface area contributed by atoms with Gasteiger partial charge in [0.1, 0.15) is 36.3 Å². The van der Waals surface area contributed by atoms with E-state index < -0.39 is 127 Å². The van der Waals surface area contributed by atoms with Crippen LogP contribution in [0.2, 0.25) is 0 Å². The van der Waals surface area contributed by atoms with Crippen LogP contribution >= 0.6 is 0 Å². The number of carboxylic acids is 2. The van der Waals surface area contributed by atoms with E-state index in [1.165, 1.54) is 0 Å². The first-order chi connectivity index (χ1) is 30.8. The standard InChI is InChI=1S/C39H61N13O13/c40-13-5-4-10-23(48-36(62)27(20-53)51-32(58)22(41)17-29(42)54)33(59)46-19-30(55)47-24(11-6-14-45-39(43)44)34(60)49-25(16-21-8-2-1-3-9-21)35(61)50-26(18-31(56)57)37(63)52-15-7-12-28(52)38(64)65/h1-3,8-9,22-28,53H,4-7,10-20,40-41H2,(H2,42,54)(H,46,59)(H,47,55)(H,48,62)(H,49,60)(H,50,61)(H,51,58)(H,56,57)(H,64,65)(H4,43,44,45)/t22-,23-,24-,25-,26-,27-,28-/m0/s1. The summed E-state index contributed by atoms with van der Waals surface area (Å²) in [7, 11) is 0. The van der Waals surface area contributed by atoms with E-state index in [4.69, 9.17) is 28.7 Å². The number of benzene rings is 1. The Morgan fingerprint density at radius 3 is 1.91 bits per heavy atom. The topological polar surface area (TPSA) is 449 Å². The van der Waals surface area contributed by atoms with E-state index in [-0.39, 0.29) is 57.7 Å². The molecule has 1 fully saturated rings. The zero-order valence-corrected chi connectivity index (χ0v) is 35.7. The van der Waals surface area contributed by atoms with Gasteiger partial charge in [-0.05, 0) is 57.1 Å². The number of likely N-dealkylation sites (tertiary alicyclic amines) is 1. The van der Waals surface area contributed by atoms with Crippen LogP contribution in [0.1, 0.15) is 63.4 Å². The fourth-order valence-corrected chi connectivity index (χ4v) is 6.59. The molecule has 19 N–H and O–H groups in total. The highest BCUT2D eigenvalue weighted by Gasteiger charge is 2.39. The first-order valence-corrected chi connectivity index (χ1v) is 20.8. The van der Waals surface area contributed by atoms with E-state index in [1.54, 1.807) is 30.3 Å². The first-order valence-electron chi connectivity index (χ1n) is 20.8. The van der Waals surface area contributed by atoms with Crippen LogP contribution in [0.25, 0.3) is 0 Å². The second-order valence-electron chi connectivity index (χ2n) is 15.1. The van der Waals surface area contributed by atoms with Crippen LogP contribution in [-0.2, 0) is 54.4 Å². The molecule has 65 heavy (non-hydrogen) atoms. The molecule has 1 aliphatic rings. The van der Waals surface area contributed by atoms with Gasteiger partial charge in [0.05, 0.1) is 32.0 Å². The van der Waals surface area contributed by atoms with Gasteiger partial charge in [0.15, 0.2) is 5.96 Å². The number of nitrogens with one attached hydrogen (secondary N) is 6. The summed E-state index contributed by atoms with van der Waals surface area (Å²) in [6, 6.07) is -1.89. The highest BCUT2D eigenvalue weighted by molar-refractivity contribution is 5.98. The maximum Gasteiger partial charge on any atom is 0.326 e. The summed E-state index contributed by atoms with van der Waals surface area (Å²) in [5, 5.41) is 43.4. The van der Waals surface area contributed by atoms with E-state index in [1.807, 2.05) is 0 Å². The molecule has 26 nitrogen and oxygen atoms in total. The minimum Gasteiger partial charge on any atom is -0.481 e. The van der Waals surface area contributed by atoms with E-state index >= 15 is 0 Å². The van der Waals surface area contributed by atoms with Gasteiger partial charge in [0, 0.05) is 19.5 Å². The molecule has 0 unspecified atom stereocenters. The molecule has 1 aliphatic heterocycles. The van der Waals surface area contributed by atoms with Gasteiger partial charge in [-0.2, -0.15) is 0 Å². The lowest BCUT2D eigenvalue weighted by Gasteiger charge is -2.28. The van der Waals surface area contributed by atoms with Crippen LogP contribution in [0.15, 0.2) is 35.3 Å². The number of hydrogen-bond acceptors (Lipinski definition) is 14. The fraction of sp³-hybridized carbons (Fsp3) is 0.564. The Morgan fingerprint density at radius 1 is 0.723 bits per heavy atom. The number of hydrogen-bond donors (Lipinski definition) is 14. The molecule has 0 spiro atoms. The molecule has 8 amide bonds. The minimum atomic E-state index is -1.71. The van der Waals surface area contributed by atoms with Crippen molar-refractivity contribution in [2.75, 3.05) is 32.8 Å². The smallest absolute Gasteiger partial charge is 0.326 e. The number of aliphatic imine (C=N–C) groups is 1. The molecule has 1 heterocycles. The highest BCUT2D eigenvalue weighted by Crippen LogP contribution is 2.19. The predicted molar refractivity (Wildman–Crippen MR) is 229 cm³/mol. The van der Waals surface area contributed by atoms with Gasteiger partial charge >= 0.3 is 11.9 Å². The van der Waals surface area contributed by atoms with Crippen molar-refractivity contribution in [2.24, 2.45) is 33.7 Å². The maximum absolute atomic E-state index is 14.0. The summed E-state index contributed by atoms with van der Waals surface area (Å²) in [5.74, 6) is -10.5. The lowest BCUT2D eigenvalue weighted by atomic mass is 10.0. The Hall–Kier alpha value is -6.93. The van der Waals surface area contributed by atoms with Crippen molar-refractivity contribution in [1.29, 1.82) is 0 Å². The number of carbonyl (C=O) groups is 10. The zero-order chi connectivity index (χ0) is 48.6. The summed E-state index contributed by atoms with van der Waals surface area (Å²) in [4.78, 5) is 133. The summed E-state index contributed by atoms with van der Waals surface area (Å²) < 4.78 is 0. The molecule has 1 aromatic carbocycles. The second kappa shape index (κ2) is 28.0. The van der Waals surface area contributed by atoms with E-state index in [9.17, 15) is 63.3 Å². The van der Waals surface area contributed by atoms with Crippen molar-refractivity contribution in [1.82, 2.24) is 36.8 Å². The summed E-state index contributed by atoms with van der Waals surface area (Å²) >= 11 is 0. The van der Waals surface area contributed by atoms with E-state index in [0.717, 1.165) is 4.90 Å². The number of unbranched alkanes of at least 4 members (excludes halogenated alkanes) is 1. The zero-order valence-electron chi connectivity index (χ0n) is 35.7. The van der Waals surface area contributed by atoms with Crippen LogP contribution in [0.4, 0.5) is 0 Å². The summed E-state index contributed by atoms with van der Waals surface area (Å²) in [6.45, 7) is -1.41. The molecule has 2 rings (SSSR count). The Kier molecular flexibility index (Phi) is 23.3. The Bertz CT molecular complexity index is 1870. The normalized spacial score (nSPS) is 15.9. The Balaban J connectivity index is 2.30. The third-order valence-corrected chi connectivity index (χ3v) is 9.90. The van der Waals surface area contributed by atoms with Crippen molar-refractivity contribution < 1.29 is 63.3 Å². The Morgan fingerprint density at radius 2 is 1.31 bits per heavy atom. The Labute approximate surface area is 373 Å². The molecule has 7 atom stereocenters. The number of carboxylic acid groups (broad SMARTS) is 2. The van der Waals surface area contributed by atoms with E-state index in [0.29, 0.717) is 24.8 Å². The van der Waals surface area contributed by atoms with Crippen molar-refractivity contribution in [3.63, 3.8) is 0 Å². The monoisotopic (exact) mass is 919 g/mol. The molecule has 26 heteroatoms. The SMILES string of the molecule is NCCCC[C@H](NC(=O)[C@H](CO)NC(=O)[C@@H](N)CC(N)=O)C(=O)NCC(=O)N[C@@H](CCCN=C(N)N)C(=O)N[C@@H](Cc1ccccc1)C(=O)N[C@@H](CC(=O)O)C(=O)N1CCC[C@H]1C(=O)O. The largest absolute Gasteiger partial charge is 0.481 e. The van der Waals surface area contributed by atoms with Crippen LogP contribution in [0.5, 0.6) is 0 Å². The van der Waals surface area contributed by atoms with Gasteiger partial charge in [-0.1, -0.05) is 30.3 Å². The lowest BCUT2D eigenvalue weighted by molar-refractivity contribution is -0.150. The third-order valence-electron chi connectivity index (χ3n) is 9.90. The molecule has 0 bridgehead atoms. The van der Waals surface area contributed by atoms with Gasteiger partial charge in [-0.15, -0.1) is 0 Å². The van der Waals surface area contributed by atoms with Gasteiger partial charge in [0.2, 0.25) is 47.3 Å². The van der Waals surface area contributed by atoms with Crippen LogP contribution in [-0.4, -0.2) is 160 Å². The number of aliphatic carboxylic acids is 2. The lowest BCUT2D eigenvalue weighted by Crippen LogP contribution is -2.59. The molecular weight excluding hydrogens is 859 g/mol. The van der Waals surface area contributed by atoms with Crippen molar-refractivity contribution >= 4 is 65.2 Å². The number of guanidine groups is 1. The average molecular weight is 920 g/mol. The number of rotatable bonds is 29. The van der Waals surface area contributed by atoms with Gasteiger partial charge < -0.3 is 80.8 Å². The number of nitrogens with two attached hydrogens (primary N) is 5. The second-order valence-corrected chi connectivity index (χ2v) is 15.1. The average Bonchev–Trinajstić information content (AvgIpc) is 3.75. The van der Waals surface area contributed by atoms with Gasteiger partial charge in [-0.25, -0.2) is 4.79 Å². The van der Waals surface area contributed by atoms with Crippen molar-refractivity contribution in [3.05, 3.63) is 35.9 Å². The summed E-state index contributed by atoms with van der Waals surface area (Å²) in [6.07, 6.45) is -0.437. The van der Waals surface area contributed by atoms with Crippen LogP contribution in [0.3, 0.4) is 0 Å². The minimum absolute atomic E-state index is 0.00145. The van der Waals surface area contributed by atoms with E-state index in [2.05, 4.69) is 36.9 Å². The van der Waals surface area contributed by atoms with Crippen LogP contribution < -0.4 is 60.6 Å². The molecule has 0 radical (unpaired) electrons. The molecule has 0 aliphatic carbocycles. The molecule has 360 valence electrons. The number of aliphatic hydroxyl groups excluding tert-OH is 1. The molecule has 1 saturated heterocycles. The summed E-state index contributed by atoms with van der Waals surface area (Å²) in [5.41, 5.74) is 27.6.